The van der Waals surface area contributed by atoms with E-state index in [1.165, 1.54) is 18.4 Å². The number of piperidine rings is 1. The molecule has 3 rings (SSSR count). The van der Waals surface area contributed by atoms with Gasteiger partial charge in [-0.2, -0.15) is 0 Å². The number of aliphatic hydroxyl groups is 1. The maximum atomic E-state index is 9.86. The minimum Gasteiger partial charge on any atom is -0.497 e. The van der Waals surface area contributed by atoms with Crippen molar-refractivity contribution in [3.63, 3.8) is 0 Å². The van der Waals surface area contributed by atoms with E-state index in [2.05, 4.69) is 41.2 Å². The highest BCUT2D eigenvalue weighted by molar-refractivity contribution is 14.0. The fourth-order valence-corrected chi connectivity index (χ4v) is 4.34. The first-order valence-electron chi connectivity index (χ1n) is 10.2. The molecule has 2 heterocycles. The number of hydrogen-bond donors (Lipinski definition) is 2. The van der Waals surface area contributed by atoms with E-state index in [1.807, 2.05) is 12.1 Å². The molecule has 2 fully saturated rings. The Kier molecular flexibility index (Phi) is 9.30. The molecule has 7 heteroatoms. The second-order valence-electron chi connectivity index (χ2n) is 7.68. The van der Waals surface area contributed by atoms with Crippen molar-refractivity contribution in [3.05, 3.63) is 29.8 Å². The second kappa shape index (κ2) is 11.2. The minimum atomic E-state index is -0.235. The maximum Gasteiger partial charge on any atom is 0.194 e. The number of halogens is 1. The number of nitrogens with one attached hydrogen (secondary N) is 1. The van der Waals surface area contributed by atoms with Gasteiger partial charge in [0.05, 0.1) is 13.2 Å². The van der Waals surface area contributed by atoms with Gasteiger partial charge in [0.15, 0.2) is 5.96 Å². The topological polar surface area (TPSA) is 60.3 Å². The van der Waals surface area contributed by atoms with Crippen LogP contribution < -0.4 is 10.1 Å². The fraction of sp³-hybridized carbons (Fsp3) is 0.667. The number of aliphatic imine (C=N–C) groups is 1. The summed E-state index contributed by atoms with van der Waals surface area (Å²) >= 11 is 0. The van der Waals surface area contributed by atoms with Crippen molar-refractivity contribution < 1.29 is 9.84 Å². The number of likely N-dealkylation sites (tertiary alicyclic amines) is 2. The summed E-state index contributed by atoms with van der Waals surface area (Å²) in [6.45, 7) is 6.41. The molecule has 0 saturated carbocycles. The SMILES string of the molecule is CCNC(=NCC1CCCN(C)C1c1ccc(OC)cc1)N1CC[C@@H](O)C1.I. The summed E-state index contributed by atoms with van der Waals surface area (Å²) in [5.41, 5.74) is 1.33. The molecule has 2 aliphatic rings. The standard InChI is InChI=1S/C21H34N4O2.HI/c1-4-22-21(25-13-11-18(26)15-25)23-14-17-6-5-12-24(2)20(17)16-7-9-19(27-3)10-8-16;/h7-10,17-18,20,26H,4-6,11-15H2,1-3H3,(H,22,23);1H/t17?,18-,20?;/m1./s1. The zero-order valence-electron chi connectivity index (χ0n) is 17.3. The highest BCUT2D eigenvalue weighted by atomic mass is 127. The van der Waals surface area contributed by atoms with Gasteiger partial charge in [0.2, 0.25) is 0 Å². The number of guanidine groups is 1. The van der Waals surface area contributed by atoms with Gasteiger partial charge in [-0.3, -0.25) is 9.89 Å². The molecule has 1 aromatic carbocycles. The van der Waals surface area contributed by atoms with Crippen LogP contribution in [0.3, 0.4) is 0 Å². The molecular formula is C21H35IN4O2. The highest BCUT2D eigenvalue weighted by Gasteiger charge is 2.31. The molecule has 28 heavy (non-hydrogen) atoms. The van der Waals surface area contributed by atoms with Crippen LogP contribution in [0, 0.1) is 5.92 Å². The lowest BCUT2D eigenvalue weighted by molar-refractivity contribution is 0.125. The molecule has 6 nitrogen and oxygen atoms in total. The minimum absolute atomic E-state index is 0. The number of rotatable bonds is 5. The van der Waals surface area contributed by atoms with E-state index in [0.717, 1.165) is 44.3 Å². The predicted octanol–water partition coefficient (Wildman–Crippen LogP) is 2.73. The molecule has 2 N–H and O–H groups in total. The fourth-order valence-electron chi connectivity index (χ4n) is 4.34. The Morgan fingerprint density at radius 1 is 1.25 bits per heavy atom. The van der Waals surface area contributed by atoms with Gasteiger partial charge in [-0.15, -0.1) is 24.0 Å². The average Bonchev–Trinajstić information content (AvgIpc) is 3.11. The summed E-state index contributed by atoms with van der Waals surface area (Å²) in [5.74, 6) is 2.32. The average molecular weight is 502 g/mol. The molecule has 2 unspecified atom stereocenters. The van der Waals surface area contributed by atoms with Crippen LogP contribution in [-0.4, -0.2) is 73.9 Å². The van der Waals surface area contributed by atoms with E-state index in [4.69, 9.17) is 9.73 Å². The quantitative estimate of drug-likeness (QED) is 0.369. The lowest BCUT2D eigenvalue weighted by atomic mass is 9.85. The van der Waals surface area contributed by atoms with E-state index in [0.29, 0.717) is 18.5 Å². The van der Waals surface area contributed by atoms with Crippen molar-refractivity contribution >= 4 is 29.9 Å². The molecule has 0 radical (unpaired) electrons. The third-order valence-electron chi connectivity index (χ3n) is 5.74. The van der Waals surface area contributed by atoms with Gasteiger partial charge in [0.25, 0.3) is 0 Å². The Morgan fingerprint density at radius 3 is 2.61 bits per heavy atom. The number of benzene rings is 1. The van der Waals surface area contributed by atoms with Crippen molar-refractivity contribution in [3.8, 4) is 5.75 Å². The van der Waals surface area contributed by atoms with Crippen molar-refractivity contribution in [2.24, 2.45) is 10.9 Å². The zero-order chi connectivity index (χ0) is 19.2. The molecular weight excluding hydrogens is 467 g/mol. The smallest absolute Gasteiger partial charge is 0.194 e. The van der Waals surface area contributed by atoms with Crippen LogP contribution in [0.2, 0.25) is 0 Å². The monoisotopic (exact) mass is 502 g/mol. The number of hydrogen-bond acceptors (Lipinski definition) is 4. The van der Waals surface area contributed by atoms with Crippen molar-refractivity contribution in [2.75, 3.05) is 46.9 Å². The van der Waals surface area contributed by atoms with Gasteiger partial charge < -0.3 is 20.1 Å². The lowest BCUT2D eigenvalue weighted by Gasteiger charge is -2.39. The predicted molar refractivity (Wildman–Crippen MR) is 125 cm³/mol. The third-order valence-corrected chi connectivity index (χ3v) is 5.74. The second-order valence-corrected chi connectivity index (χ2v) is 7.68. The lowest BCUT2D eigenvalue weighted by Crippen LogP contribution is -2.42. The molecule has 1 aromatic rings. The van der Waals surface area contributed by atoms with Gasteiger partial charge in [0.1, 0.15) is 5.75 Å². The van der Waals surface area contributed by atoms with Crippen molar-refractivity contribution in [1.29, 1.82) is 0 Å². The summed E-state index contributed by atoms with van der Waals surface area (Å²) in [6, 6.07) is 8.84. The van der Waals surface area contributed by atoms with Gasteiger partial charge in [-0.25, -0.2) is 0 Å². The van der Waals surface area contributed by atoms with Gasteiger partial charge in [-0.05, 0) is 63.4 Å². The van der Waals surface area contributed by atoms with Crippen molar-refractivity contribution in [1.82, 2.24) is 15.1 Å². The van der Waals surface area contributed by atoms with E-state index in [9.17, 15) is 5.11 Å². The normalized spacial score (nSPS) is 26.1. The van der Waals surface area contributed by atoms with Crippen LogP contribution in [-0.2, 0) is 0 Å². The number of methoxy groups -OCH3 is 1. The molecule has 0 amide bonds. The van der Waals surface area contributed by atoms with E-state index < -0.39 is 0 Å². The Balaban J connectivity index is 0.00000280. The Labute approximate surface area is 186 Å². The van der Waals surface area contributed by atoms with Crippen LogP contribution >= 0.6 is 24.0 Å². The first-order chi connectivity index (χ1) is 13.1. The van der Waals surface area contributed by atoms with E-state index in [-0.39, 0.29) is 30.1 Å². The summed E-state index contributed by atoms with van der Waals surface area (Å²) in [6.07, 6.45) is 2.99. The molecule has 0 bridgehead atoms. The third kappa shape index (κ3) is 5.73. The summed E-state index contributed by atoms with van der Waals surface area (Å²) in [7, 11) is 3.92. The molecule has 3 atom stereocenters. The highest BCUT2D eigenvalue weighted by Crippen LogP contribution is 2.36. The molecule has 0 spiro atoms. The van der Waals surface area contributed by atoms with Crippen molar-refractivity contribution in [2.45, 2.75) is 38.3 Å². The number of ether oxygens (including phenoxy) is 1. The zero-order valence-corrected chi connectivity index (χ0v) is 19.6. The first kappa shape index (κ1) is 23.2. The molecule has 0 aromatic heterocycles. The molecule has 2 aliphatic heterocycles. The number of aliphatic hydroxyl groups excluding tert-OH is 1. The van der Waals surface area contributed by atoms with E-state index >= 15 is 0 Å². The Bertz CT molecular complexity index is 625. The Hall–Kier alpha value is -1.06. The summed E-state index contributed by atoms with van der Waals surface area (Å²) in [4.78, 5) is 9.61. The molecule has 2 saturated heterocycles. The maximum absolute atomic E-state index is 9.86. The van der Waals surface area contributed by atoms with Crippen LogP contribution in [0.1, 0.15) is 37.8 Å². The largest absolute Gasteiger partial charge is 0.497 e. The van der Waals surface area contributed by atoms with Crippen LogP contribution in [0.4, 0.5) is 0 Å². The van der Waals surface area contributed by atoms with Gasteiger partial charge in [-0.1, -0.05) is 12.1 Å². The van der Waals surface area contributed by atoms with Gasteiger partial charge >= 0.3 is 0 Å². The Morgan fingerprint density at radius 2 is 2.00 bits per heavy atom. The molecule has 158 valence electrons. The first-order valence-corrected chi connectivity index (χ1v) is 10.2. The van der Waals surface area contributed by atoms with E-state index in [1.54, 1.807) is 7.11 Å². The number of β-amino-alcohol motifs (C(OH)–C–C–N with tert-alkyl or cyclic N) is 1. The summed E-state index contributed by atoms with van der Waals surface area (Å²) in [5, 5.41) is 13.3. The molecule has 0 aliphatic carbocycles. The van der Waals surface area contributed by atoms with Crippen LogP contribution in [0.5, 0.6) is 5.75 Å². The van der Waals surface area contributed by atoms with Crippen LogP contribution in [0.25, 0.3) is 0 Å². The number of nitrogens with zero attached hydrogens (tertiary/aromatic N) is 3. The van der Waals surface area contributed by atoms with Gasteiger partial charge in [0, 0.05) is 32.2 Å². The summed E-state index contributed by atoms with van der Waals surface area (Å²) < 4.78 is 5.31. The van der Waals surface area contributed by atoms with Crippen LogP contribution in [0.15, 0.2) is 29.3 Å².